The van der Waals surface area contributed by atoms with Crippen molar-refractivity contribution in [1.82, 2.24) is 4.98 Å². The van der Waals surface area contributed by atoms with E-state index in [1.165, 1.54) is 5.56 Å². The van der Waals surface area contributed by atoms with Crippen molar-refractivity contribution < 1.29 is 9.13 Å². The lowest BCUT2D eigenvalue weighted by atomic mass is 9.96. The van der Waals surface area contributed by atoms with Gasteiger partial charge < -0.3 is 4.74 Å². The maximum Gasteiger partial charge on any atom is 0.129 e. The van der Waals surface area contributed by atoms with Crippen LogP contribution in [0.15, 0.2) is 30.1 Å². The zero-order valence-corrected chi connectivity index (χ0v) is 13.9. The van der Waals surface area contributed by atoms with Crippen molar-refractivity contribution in [1.29, 1.82) is 0 Å². The molecule has 0 saturated heterocycles. The Hall–Kier alpha value is -1.74. The van der Waals surface area contributed by atoms with E-state index in [0.717, 1.165) is 34.2 Å². The van der Waals surface area contributed by atoms with Crippen LogP contribution in [0.1, 0.15) is 44.0 Å². The summed E-state index contributed by atoms with van der Waals surface area (Å²) >= 11 is 0. The number of ether oxygens (including phenoxy) is 1. The molecule has 0 bridgehead atoms. The zero-order chi connectivity index (χ0) is 16.1. The van der Waals surface area contributed by atoms with Crippen molar-refractivity contribution in [2.24, 2.45) is 0 Å². The molecule has 1 aromatic heterocycles. The van der Waals surface area contributed by atoms with E-state index in [9.17, 15) is 4.39 Å². The van der Waals surface area contributed by atoms with Gasteiger partial charge in [-0.3, -0.25) is 4.98 Å². The predicted molar refractivity (Wildman–Crippen MR) is 90.7 cm³/mol. The van der Waals surface area contributed by atoms with Crippen LogP contribution >= 0.6 is 0 Å². The van der Waals surface area contributed by atoms with Crippen LogP contribution in [0, 0.1) is 6.92 Å². The predicted octanol–water partition coefficient (Wildman–Crippen LogP) is 5.23. The van der Waals surface area contributed by atoms with Crippen LogP contribution in [0.2, 0.25) is 0 Å². The number of pyridine rings is 1. The first-order chi connectivity index (χ1) is 10.7. The number of rotatable bonds is 2. The van der Waals surface area contributed by atoms with Crippen molar-refractivity contribution in [3.8, 4) is 0 Å². The number of aromatic nitrogens is 1. The molecule has 0 unspecified atom stereocenters. The first kappa shape index (κ1) is 16.6. The van der Waals surface area contributed by atoms with Gasteiger partial charge in [-0.25, -0.2) is 4.39 Å². The lowest BCUT2D eigenvalue weighted by molar-refractivity contribution is 0.138. The Kier molecular flexibility index (Phi) is 5.67. The lowest BCUT2D eigenvalue weighted by Gasteiger charge is -2.17. The third-order valence-corrected chi connectivity index (χ3v) is 3.80. The molecule has 0 fully saturated rings. The van der Waals surface area contributed by atoms with Crippen LogP contribution in [0.5, 0.6) is 0 Å². The molecule has 0 saturated carbocycles. The van der Waals surface area contributed by atoms with E-state index in [-0.39, 0.29) is 12.4 Å². The van der Waals surface area contributed by atoms with Crippen LogP contribution in [0.4, 0.5) is 4.39 Å². The number of nitrogens with zero attached hydrogens (tertiary/aromatic N) is 1. The van der Waals surface area contributed by atoms with Crippen molar-refractivity contribution in [3.05, 3.63) is 46.9 Å². The molecule has 0 atom stereocenters. The van der Waals surface area contributed by atoms with Crippen molar-refractivity contribution >= 4 is 16.5 Å². The highest BCUT2D eigenvalue weighted by Gasteiger charge is 2.15. The number of benzene rings is 1. The van der Waals surface area contributed by atoms with Crippen LogP contribution < -0.4 is 0 Å². The Morgan fingerprint density at radius 3 is 2.68 bits per heavy atom. The molecule has 0 radical (unpaired) electrons. The maximum atomic E-state index is 13.9. The van der Waals surface area contributed by atoms with E-state index < -0.39 is 0 Å². The minimum atomic E-state index is -0.145. The molecule has 2 heterocycles. The number of hydrogen-bond donors (Lipinski definition) is 0. The number of hydrogen-bond acceptors (Lipinski definition) is 2. The van der Waals surface area contributed by atoms with Gasteiger partial charge in [-0.1, -0.05) is 26.8 Å². The van der Waals surface area contributed by atoms with Crippen LogP contribution in [-0.4, -0.2) is 18.2 Å². The fourth-order valence-corrected chi connectivity index (χ4v) is 2.78. The minimum Gasteiger partial charge on any atom is -0.374 e. The van der Waals surface area contributed by atoms with Gasteiger partial charge in [0.25, 0.3) is 0 Å². The average Bonchev–Trinajstić information content (AvgIpc) is 2.56. The summed E-state index contributed by atoms with van der Waals surface area (Å²) in [4.78, 5) is 4.56. The normalized spacial score (nSPS) is 14.8. The maximum absolute atomic E-state index is 13.9. The Bertz CT molecular complexity index is 691. The molecule has 0 N–H and O–H groups in total. The summed E-state index contributed by atoms with van der Waals surface area (Å²) in [5.41, 5.74) is 5.01. The van der Waals surface area contributed by atoms with Crippen molar-refractivity contribution in [2.75, 3.05) is 13.2 Å². The molecule has 1 aromatic carbocycles. The Morgan fingerprint density at radius 2 is 2.00 bits per heavy atom. The van der Waals surface area contributed by atoms with E-state index in [0.29, 0.717) is 13.0 Å². The molecule has 118 valence electrons. The molecule has 0 amide bonds. The molecular weight excluding hydrogens is 277 g/mol. The highest BCUT2D eigenvalue weighted by molar-refractivity contribution is 5.86. The van der Waals surface area contributed by atoms with Gasteiger partial charge in [0.1, 0.15) is 5.83 Å². The first-order valence-electron chi connectivity index (χ1n) is 8.05. The molecule has 0 aliphatic carbocycles. The second kappa shape index (κ2) is 7.50. The van der Waals surface area contributed by atoms with Crippen LogP contribution in [0.3, 0.4) is 0 Å². The molecule has 0 spiro atoms. The van der Waals surface area contributed by atoms with Crippen LogP contribution in [-0.2, 0) is 11.2 Å². The molecule has 3 heteroatoms. The van der Waals surface area contributed by atoms with Gasteiger partial charge in [0, 0.05) is 11.1 Å². The third kappa shape index (κ3) is 3.36. The monoisotopic (exact) mass is 301 g/mol. The molecule has 3 rings (SSSR count). The SMILES string of the molecule is CC.CCc1cc(C)nc2ccc(C3=C(F)COCC3)cc12. The molecule has 22 heavy (non-hydrogen) atoms. The Morgan fingerprint density at radius 1 is 1.23 bits per heavy atom. The average molecular weight is 301 g/mol. The Balaban J connectivity index is 0.000000847. The summed E-state index contributed by atoms with van der Waals surface area (Å²) in [6.07, 6.45) is 1.59. The van der Waals surface area contributed by atoms with E-state index in [4.69, 9.17) is 4.74 Å². The third-order valence-electron chi connectivity index (χ3n) is 3.80. The van der Waals surface area contributed by atoms with Gasteiger partial charge in [0.15, 0.2) is 0 Å². The number of halogens is 1. The zero-order valence-electron chi connectivity index (χ0n) is 13.9. The highest BCUT2D eigenvalue weighted by Crippen LogP contribution is 2.30. The second-order valence-corrected chi connectivity index (χ2v) is 5.19. The number of fused-ring (bicyclic) bond motifs is 1. The van der Waals surface area contributed by atoms with Crippen molar-refractivity contribution in [3.63, 3.8) is 0 Å². The van der Waals surface area contributed by atoms with Gasteiger partial charge in [-0.05, 0) is 54.7 Å². The molecular formula is C19H24FNO. The highest BCUT2D eigenvalue weighted by atomic mass is 19.1. The summed E-state index contributed by atoms with van der Waals surface area (Å²) in [5.74, 6) is -0.145. The standard InChI is InChI=1S/C17H18FNO.C2H6/c1-3-12-8-11(2)19-17-5-4-13(9-15(12)17)14-6-7-20-10-16(14)18;1-2/h4-5,8-9H,3,6-7,10H2,1-2H3;1-2H3. The summed E-state index contributed by atoms with van der Waals surface area (Å²) in [5, 5.41) is 1.13. The van der Waals surface area contributed by atoms with Gasteiger partial charge in [-0.2, -0.15) is 0 Å². The fraction of sp³-hybridized carbons (Fsp3) is 0.421. The van der Waals surface area contributed by atoms with Gasteiger partial charge in [-0.15, -0.1) is 0 Å². The molecule has 2 aromatic rings. The first-order valence-corrected chi connectivity index (χ1v) is 8.05. The van der Waals surface area contributed by atoms with Gasteiger partial charge in [0.2, 0.25) is 0 Å². The van der Waals surface area contributed by atoms with E-state index in [1.807, 2.05) is 32.9 Å². The number of aryl methyl sites for hydroxylation is 2. The Labute approximate surface area is 132 Å². The minimum absolute atomic E-state index is 0.0974. The van der Waals surface area contributed by atoms with Gasteiger partial charge >= 0.3 is 0 Å². The smallest absolute Gasteiger partial charge is 0.129 e. The topological polar surface area (TPSA) is 22.1 Å². The summed E-state index contributed by atoms with van der Waals surface area (Å²) in [6, 6.07) is 8.14. The molecule has 2 nitrogen and oxygen atoms in total. The van der Waals surface area contributed by atoms with Gasteiger partial charge in [0.05, 0.1) is 18.7 Å². The van der Waals surface area contributed by atoms with E-state index in [2.05, 4.69) is 24.0 Å². The van der Waals surface area contributed by atoms with Crippen molar-refractivity contribution in [2.45, 2.75) is 40.5 Å². The van der Waals surface area contributed by atoms with E-state index >= 15 is 0 Å². The van der Waals surface area contributed by atoms with E-state index in [1.54, 1.807) is 0 Å². The molecule has 1 aliphatic rings. The molecule has 1 aliphatic heterocycles. The summed E-state index contributed by atoms with van der Waals surface area (Å²) in [6.45, 7) is 8.83. The summed E-state index contributed by atoms with van der Waals surface area (Å²) in [7, 11) is 0. The fourth-order valence-electron chi connectivity index (χ4n) is 2.78. The lowest BCUT2D eigenvalue weighted by Crippen LogP contribution is -2.08. The quantitative estimate of drug-likeness (QED) is 0.757. The largest absolute Gasteiger partial charge is 0.374 e. The second-order valence-electron chi connectivity index (χ2n) is 5.19. The van der Waals surface area contributed by atoms with Crippen LogP contribution in [0.25, 0.3) is 16.5 Å². The summed E-state index contributed by atoms with van der Waals surface area (Å²) < 4.78 is 19.1.